The van der Waals surface area contributed by atoms with Gasteiger partial charge in [0.05, 0.1) is 16.2 Å². The maximum atomic E-state index is 13.2. The molecule has 0 unspecified atom stereocenters. The zero-order valence-electron chi connectivity index (χ0n) is 11.5. The second-order valence-corrected chi connectivity index (χ2v) is 7.41. The highest BCUT2D eigenvalue weighted by Gasteiger charge is 2.24. The van der Waals surface area contributed by atoms with Gasteiger partial charge in [-0.15, -0.1) is 0 Å². The minimum Gasteiger partial charge on any atom is -0.396 e. The zero-order chi connectivity index (χ0) is 15.6. The predicted molar refractivity (Wildman–Crippen MR) is 79.4 cm³/mol. The second-order valence-electron chi connectivity index (χ2n) is 4.82. The predicted octanol–water partition coefficient (Wildman–Crippen LogP) is 2.26. The Hall–Kier alpha value is -0.700. The summed E-state index contributed by atoms with van der Waals surface area (Å²) in [5.74, 6) is -0.675. The molecule has 0 fully saturated rings. The van der Waals surface area contributed by atoms with E-state index in [2.05, 4.69) is 20.7 Å². The molecular formula is C12H18BrFN2O3S. The topological polar surface area (TPSA) is 81.4 Å². The van der Waals surface area contributed by atoms with Crippen LogP contribution in [0.15, 0.2) is 21.5 Å². The van der Waals surface area contributed by atoms with Crippen LogP contribution in [0.1, 0.15) is 20.8 Å². The summed E-state index contributed by atoms with van der Waals surface area (Å²) in [4.78, 5) is -0.108. The highest BCUT2D eigenvalue weighted by molar-refractivity contribution is 9.10. The number of rotatable bonds is 6. The third-order valence-corrected chi connectivity index (χ3v) is 4.92. The van der Waals surface area contributed by atoms with Crippen molar-refractivity contribution in [3.05, 3.63) is 22.4 Å². The normalized spacial score (nSPS) is 12.7. The Morgan fingerprint density at radius 1 is 1.45 bits per heavy atom. The third-order valence-electron chi connectivity index (χ3n) is 2.56. The number of anilines is 1. The number of nitrogen functional groups attached to an aromatic ring is 1. The van der Waals surface area contributed by atoms with Crippen LogP contribution in [0.4, 0.5) is 10.1 Å². The van der Waals surface area contributed by atoms with Crippen LogP contribution >= 0.6 is 15.9 Å². The van der Waals surface area contributed by atoms with E-state index < -0.39 is 21.4 Å². The van der Waals surface area contributed by atoms with Gasteiger partial charge in [-0.1, -0.05) is 0 Å². The Morgan fingerprint density at radius 2 is 2.05 bits per heavy atom. The van der Waals surface area contributed by atoms with Gasteiger partial charge in [-0.25, -0.2) is 17.5 Å². The maximum absolute atomic E-state index is 13.2. The highest BCUT2D eigenvalue weighted by atomic mass is 79.9. The lowest BCUT2D eigenvalue weighted by molar-refractivity contribution is -0.00515. The molecule has 0 aliphatic carbocycles. The van der Waals surface area contributed by atoms with Crippen molar-refractivity contribution in [3.8, 4) is 0 Å². The van der Waals surface area contributed by atoms with Crippen molar-refractivity contribution in [1.82, 2.24) is 4.72 Å². The SMILES string of the molecule is CCOC(C)(C)CNS(=O)(=O)c1cc(N)c(F)cc1Br. The first-order chi connectivity index (χ1) is 9.09. The van der Waals surface area contributed by atoms with Gasteiger partial charge in [-0.2, -0.15) is 0 Å². The van der Waals surface area contributed by atoms with Gasteiger partial charge < -0.3 is 10.5 Å². The van der Waals surface area contributed by atoms with Crippen molar-refractivity contribution in [3.63, 3.8) is 0 Å². The molecule has 1 rings (SSSR count). The first kappa shape index (κ1) is 17.4. The number of ether oxygens (including phenoxy) is 1. The molecule has 20 heavy (non-hydrogen) atoms. The van der Waals surface area contributed by atoms with E-state index in [0.717, 1.165) is 12.1 Å². The summed E-state index contributed by atoms with van der Waals surface area (Å²) in [6, 6.07) is 2.10. The summed E-state index contributed by atoms with van der Waals surface area (Å²) in [6.07, 6.45) is 0. The van der Waals surface area contributed by atoms with E-state index in [9.17, 15) is 12.8 Å². The fraction of sp³-hybridized carbons (Fsp3) is 0.500. The Kier molecular flexibility index (Phi) is 5.54. The number of nitrogens with one attached hydrogen (secondary N) is 1. The fourth-order valence-electron chi connectivity index (χ4n) is 1.54. The Bertz CT molecular complexity index is 591. The van der Waals surface area contributed by atoms with Crippen LogP contribution in [0, 0.1) is 5.82 Å². The molecule has 0 aliphatic heterocycles. The molecule has 0 bridgehead atoms. The minimum absolute atomic E-state index is 0.0902. The summed E-state index contributed by atoms with van der Waals surface area (Å²) < 4.78 is 45.6. The summed E-state index contributed by atoms with van der Waals surface area (Å²) in [6.45, 7) is 5.93. The van der Waals surface area contributed by atoms with Crippen LogP contribution in [0.2, 0.25) is 0 Å². The molecule has 0 atom stereocenters. The lowest BCUT2D eigenvalue weighted by atomic mass is 10.1. The second kappa shape index (κ2) is 6.38. The molecule has 0 radical (unpaired) electrons. The van der Waals surface area contributed by atoms with E-state index in [-0.39, 0.29) is 21.6 Å². The molecule has 5 nitrogen and oxygen atoms in total. The Balaban J connectivity index is 2.98. The molecule has 0 heterocycles. The average molecular weight is 369 g/mol. The summed E-state index contributed by atoms with van der Waals surface area (Å²) in [5.41, 5.74) is 4.54. The molecule has 0 saturated carbocycles. The molecule has 0 aliphatic rings. The molecule has 0 saturated heterocycles. The van der Waals surface area contributed by atoms with Crippen LogP contribution in [0.25, 0.3) is 0 Å². The van der Waals surface area contributed by atoms with Gasteiger partial charge in [-0.3, -0.25) is 0 Å². The van der Waals surface area contributed by atoms with E-state index in [0.29, 0.717) is 6.61 Å². The van der Waals surface area contributed by atoms with Crippen LogP contribution in [-0.4, -0.2) is 27.2 Å². The van der Waals surface area contributed by atoms with Crippen LogP contribution < -0.4 is 10.5 Å². The van der Waals surface area contributed by atoms with Gasteiger partial charge in [-0.05, 0) is 48.8 Å². The molecule has 0 spiro atoms. The molecule has 1 aromatic carbocycles. The maximum Gasteiger partial charge on any atom is 0.241 e. The van der Waals surface area contributed by atoms with Gasteiger partial charge in [0.2, 0.25) is 10.0 Å². The van der Waals surface area contributed by atoms with E-state index >= 15 is 0 Å². The van der Waals surface area contributed by atoms with E-state index in [4.69, 9.17) is 10.5 Å². The number of hydrogen-bond acceptors (Lipinski definition) is 4. The Morgan fingerprint density at radius 3 is 2.60 bits per heavy atom. The summed E-state index contributed by atoms with van der Waals surface area (Å²) in [7, 11) is -3.81. The largest absolute Gasteiger partial charge is 0.396 e. The van der Waals surface area contributed by atoms with E-state index in [1.165, 1.54) is 0 Å². The number of hydrogen-bond donors (Lipinski definition) is 2. The number of halogens is 2. The summed E-state index contributed by atoms with van der Waals surface area (Å²) in [5, 5.41) is 0. The van der Waals surface area contributed by atoms with Crippen LogP contribution in [-0.2, 0) is 14.8 Å². The molecule has 0 amide bonds. The third kappa shape index (κ3) is 4.41. The molecular weight excluding hydrogens is 351 g/mol. The van der Waals surface area contributed by atoms with Crippen molar-refractivity contribution in [2.24, 2.45) is 0 Å². The lowest BCUT2D eigenvalue weighted by Crippen LogP contribution is -2.40. The molecule has 8 heteroatoms. The molecule has 114 valence electrons. The van der Waals surface area contributed by atoms with Crippen molar-refractivity contribution in [2.75, 3.05) is 18.9 Å². The van der Waals surface area contributed by atoms with Crippen molar-refractivity contribution >= 4 is 31.6 Å². The van der Waals surface area contributed by atoms with Crippen LogP contribution in [0.5, 0.6) is 0 Å². The van der Waals surface area contributed by atoms with Gasteiger partial charge in [0.25, 0.3) is 0 Å². The highest BCUT2D eigenvalue weighted by Crippen LogP contribution is 2.26. The van der Waals surface area contributed by atoms with Crippen molar-refractivity contribution in [2.45, 2.75) is 31.3 Å². The first-order valence-electron chi connectivity index (χ1n) is 5.97. The minimum atomic E-state index is -3.81. The molecule has 0 aromatic heterocycles. The molecule has 1 aromatic rings. The quantitative estimate of drug-likeness (QED) is 0.754. The van der Waals surface area contributed by atoms with Gasteiger partial charge in [0.15, 0.2) is 0 Å². The monoisotopic (exact) mass is 368 g/mol. The lowest BCUT2D eigenvalue weighted by Gasteiger charge is -2.25. The smallest absolute Gasteiger partial charge is 0.241 e. The fourth-order valence-corrected chi connectivity index (χ4v) is 3.78. The standard InChI is InChI=1S/C12H18BrFN2O3S/c1-4-19-12(2,3)7-16-20(17,18)11-6-10(15)9(14)5-8(11)13/h5-6,16H,4,7,15H2,1-3H3. The van der Waals surface area contributed by atoms with Crippen LogP contribution in [0.3, 0.4) is 0 Å². The van der Waals surface area contributed by atoms with Gasteiger partial charge in [0.1, 0.15) is 5.82 Å². The zero-order valence-corrected chi connectivity index (χ0v) is 13.9. The average Bonchev–Trinajstić information content (AvgIpc) is 2.31. The molecule has 3 N–H and O–H groups in total. The number of sulfonamides is 1. The summed E-state index contributed by atoms with van der Waals surface area (Å²) >= 11 is 3.02. The Labute approximate surface area is 126 Å². The van der Waals surface area contributed by atoms with Gasteiger partial charge >= 0.3 is 0 Å². The number of nitrogens with two attached hydrogens (primary N) is 1. The number of benzene rings is 1. The van der Waals surface area contributed by atoms with E-state index in [1.54, 1.807) is 13.8 Å². The first-order valence-corrected chi connectivity index (χ1v) is 8.25. The van der Waals surface area contributed by atoms with Gasteiger partial charge in [0, 0.05) is 17.6 Å². The van der Waals surface area contributed by atoms with E-state index in [1.807, 2.05) is 6.92 Å². The van der Waals surface area contributed by atoms with Crippen molar-refractivity contribution in [1.29, 1.82) is 0 Å². The van der Waals surface area contributed by atoms with Crippen molar-refractivity contribution < 1.29 is 17.5 Å².